The number of carbonyl (C=O) groups is 1. The van der Waals surface area contributed by atoms with Crippen molar-refractivity contribution in [3.05, 3.63) is 29.0 Å². The fourth-order valence-corrected chi connectivity index (χ4v) is 2.59. The minimum absolute atomic E-state index is 0.147. The highest BCUT2D eigenvalue weighted by Crippen LogP contribution is 2.12. The lowest BCUT2D eigenvalue weighted by atomic mass is 10.1. The first-order valence-electron chi connectivity index (χ1n) is 6.78. The molecule has 5 heteroatoms. The van der Waals surface area contributed by atoms with Crippen molar-refractivity contribution in [3.63, 3.8) is 0 Å². The molecule has 0 aliphatic carbocycles. The van der Waals surface area contributed by atoms with Crippen molar-refractivity contribution in [2.24, 2.45) is 5.92 Å². The molecule has 1 atom stereocenters. The molecule has 0 spiro atoms. The van der Waals surface area contributed by atoms with Crippen molar-refractivity contribution >= 4 is 17.5 Å². The summed E-state index contributed by atoms with van der Waals surface area (Å²) in [6.45, 7) is 6.24. The molecule has 1 aromatic rings. The van der Waals surface area contributed by atoms with Crippen molar-refractivity contribution in [3.8, 4) is 0 Å². The minimum atomic E-state index is -0.147. The van der Waals surface area contributed by atoms with Gasteiger partial charge in [-0.3, -0.25) is 4.79 Å². The van der Waals surface area contributed by atoms with Gasteiger partial charge in [-0.05, 0) is 44.0 Å². The molecule has 2 rings (SSSR count). The van der Waals surface area contributed by atoms with E-state index >= 15 is 0 Å². The van der Waals surface area contributed by atoms with Crippen molar-refractivity contribution < 1.29 is 4.79 Å². The van der Waals surface area contributed by atoms with Crippen molar-refractivity contribution in [1.29, 1.82) is 0 Å². The average Bonchev–Trinajstić information content (AvgIpc) is 2.89. The number of rotatable bonds is 5. The number of aromatic nitrogens is 1. The van der Waals surface area contributed by atoms with E-state index in [1.807, 2.05) is 0 Å². The average molecular weight is 282 g/mol. The van der Waals surface area contributed by atoms with Gasteiger partial charge in [0.2, 0.25) is 0 Å². The summed E-state index contributed by atoms with van der Waals surface area (Å²) in [5.74, 6) is 0.295. The topological polar surface area (TPSA) is 45.2 Å². The summed E-state index contributed by atoms with van der Waals surface area (Å²) >= 11 is 5.89. The van der Waals surface area contributed by atoms with Gasteiger partial charge in [-0.2, -0.15) is 0 Å². The smallest absolute Gasteiger partial charge is 0.254 e. The van der Waals surface area contributed by atoms with E-state index in [4.69, 9.17) is 11.6 Å². The molecular weight excluding hydrogens is 262 g/mol. The molecule has 1 aliphatic heterocycles. The van der Waals surface area contributed by atoms with Gasteiger partial charge < -0.3 is 10.2 Å². The molecule has 0 aromatic carbocycles. The maximum absolute atomic E-state index is 12.0. The highest BCUT2D eigenvalue weighted by Gasteiger charge is 2.16. The van der Waals surface area contributed by atoms with Crippen LogP contribution in [0, 0.1) is 5.92 Å². The zero-order valence-electron chi connectivity index (χ0n) is 11.2. The first kappa shape index (κ1) is 14.3. The molecule has 1 aliphatic rings. The standard InChI is InChI=1S/C14H20ClN3O/c1-11(10-18-7-2-3-8-18)9-17-14(19)12-5-4-6-16-13(12)15/h4-6,11H,2-3,7-10H2,1H3,(H,17,19). The number of carbonyl (C=O) groups excluding carboxylic acids is 1. The van der Waals surface area contributed by atoms with Crippen LogP contribution < -0.4 is 5.32 Å². The summed E-state index contributed by atoms with van der Waals surface area (Å²) in [6.07, 6.45) is 4.17. The fraction of sp³-hybridized carbons (Fsp3) is 0.571. The molecule has 1 saturated heterocycles. The first-order chi connectivity index (χ1) is 9.16. The molecule has 1 N–H and O–H groups in total. The lowest BCUT2D eigenvalue weighted by Gasteiger charge is -2.20. The van der Waals surface area contributed by atoms with E-state index in [1.165, 1.54) is 25.9 Å². The van der Waals surface area contributed by atoms with Crippen molar-refractivity contribution in [1.82, 2.24) is 15.2 Å². The number of hydrogen-bond acceptors (Lipinski definition) is 3. The Labute approximate surface area is 119 Å². The third-order valence-corrected chi connectivity index (χ3v) is 3.68. The Kier molecular flexibility index (Phi) is 5.16. The predicted molar refractivity (Wildman–Crippen MR) is 76.4 cm³/mol. The number of amides is 1. The molecule has 19 heavy (non-hydrogen) atoms. The first-order valence-corrected chi connectivity index (χ1v) is 7.15. The van der Waals surface area contributed by atoms with Crippen LogP contribution in [0.4, 0.5) is 0 Å². The number of hydrogen-bond donors (Lipinski definition) is 1. The minimum Gasteiger partial charge on any atom is -0.352 e. The Hall–Kier alpha value is -1.13. The van der Waals surface area contributed by atoms with Gasteiger partial charge in [0.15, 0.2) is 0 Å². The predicted octanol–water partition coefficient (Wildman–Crippen LogP) is 2.20. The van der Waals surface area contributed by atoms with Crippen LogP contribution in [0.25, 0.3) is 0 Å². The van der Waals surface area contributed by atoms with Crippen LogP contribution in [0.3, 0.4) is 0 Å². The lowest BCUT2D eigenvalue weighted by molar-refractivity contribution is 0.0945. The number of likely N-dealkylation sites (tertiary alicyclic amines) is 1. The van der Waals surface area contributed by atoms with Gasteiger partial charge in [-0.1, -0.05) is 18.5 Å². The quantitative estimate of drug-likeness (QED) is 0.842. The second-order valence-corrected chi connectivity index (χ2v) is 5.52. The Morgan fingerprint density at radius 1 is 1.53 bits per heavy atom. The molecule has 104 valence electrons. The molecule has 1 unspecified atom stereocenters. The third kappa shape index (κ3) is 4.18. The molecule has 1 amide bonds. The zero-order valence-corrected chi connectivity index (χ0v) is 12.0. The zero-order chi connectivity index (χ0) is 13.7. The normalized spacial score (nSPS) is 17.4. The summed E-state index contributed by atoms with van der Waals surface area (Å²) < 4.78 is 0. The second kappa shape index (κ2) is 6.87. The van der Waals surface area contributed by atoms with Crippen molar-refractivity contribution in [2.75, 3.05) is 26.2 Å². The van der Waals surface area contributed by atoms with Crippen LogP contribution >= 0.6 is 11.6 Å². The fourth-order valence-electron chi connectivity index (χ4n) is 2.39. The van der Waals surface area contributed by atoms with Crippen LogP contribution in [0.2, 0.25) is 5.15 Å². The van der Waals surface area contributed by atoms with Crippen LogP contribution in [0.5, 0.6) is 0 Å². The van der Waals surface area contributed by atoms with E-state index in [9.17, 15) is 4.79 Å². The van der Waals surface area contributed by atoms with E-state index in [1.54, 1.807) is 18.3 Å². The van der Waals surface area contributed by atoms with E-state index in [-0.39, 0.29) is 11.1 Å². The molecule has 0 radical (unpaired) electrons. The summed E-state index contributed by atoms with van der Waals surface area (Å²) in [5, 5.41) is 3.18. The van der Waals surface area contributed by atoms with Gasteiger partial charge in [0, 0.05) is 19.3 Å². The van der Waals surface area contributed by atoms with E-state index in [2.05, 4.69) is 22.1 Å². The lowest BCUT2D eigenvalue weighted by Crippen LogP contribution is -2.34. The van der Waals surface area contributed by atoms with Gasteiger partial charge in [-0.25, -0.2) is 4.98 Å². The van der Waals surface area contributed by atoms with E-state index in [0.717, 1.165) is 6.54 Å². The van der Waals surface area contributed by atoms with Crippen molar-refractivity contribution in [2.45, 2.75) is 19.8 Å². The van der Waals surface area contributed by atoms with Crippen LogP contribution in [-0.4, -0.2) is 42.0 Å². The Morgan fingerprint density at radius 2 is 2.26 bits per heavy atom. The van der Waals surface area contributed by atoms with Gasteiger partial charge in [0.05, 0.1) is 5.56 Å². The maximum atomic E-state index is 12.0. The SMILES string of the molecule is CC(CNC(=O)c1cccnc1Cl)CN1CCCC1. The number of halogens is 1. The summed E-state index contributed by atoms with van der Waals surface area (Å²) in [7, 11) is 0. The van der Waals surface area contributed by atoms with Gasteiger partial charge in [0.25, 0.3) is 5.91 Å². The molecule has 4 nitrogen and oxygen atoms in total. The summed E-state index contributed by atoms with van der Waals surface area (Å²) in [6, 6.07) is 3.41. The highest BCUT2D eigenvalue weighted by molar-refractivity contribution is 6.32. The summed E-state index contributed by atoms with van der Waals surface area (Å²) in [4.78, 5) is 18.3. The molecule has 1 fully saturated rings. The van der Waals surface area contributed by atoms with Gasteiger partial charge in [0.1, 0.15) is 5.15 Å². The second-order valence-electron chi connectivity index (χ2n) is 5.16. The maximum Gasteiger partial charge on any atom is 0.254 e. The monoisotopic (exact) mass is 281 g/mol. The van der Waals surface area contributed by atoms with E-state index in [0.29, 0.717) is 18.0 Å². The summed E-state index contributed by atoms with van der Waals surface area (Å²) in [5.41, 5.74) is 0.442. The molecule has 0 bridgehead atoms. The van der Waals surface area contributed by atoms with Gasteiger partial charge >= 0.3 is 0 Å². The molecule has 0 saturated carbocycles. The highest BCUT2D eigenvalue weighted by atomic mass is 35.5. The number of pyridine rings is 1. The Balaban J connectivity index is 1.78. The van der Waals surface area contributed by atoms with Crippen LogP contribution in [0.15, 0.2) is 18.3 Å². The molecule has 2 heterocycles. The third-order valence-electron chi connectivity index (χ3n) is 3.38. The van der Waals surface area contributed by atoms with Gasteiger partial charge in [-0.15, -0.1) is 0 Å². The molecule has 1 aromatic heterocycles. The van der Waals surface area contributed by atoms with Crippen LogP contribution in [0.1, 0.15) is 30.1 Å². The number of nitrogens with zero attached hydrogens (tertiary/aromatic N) is 2. The largest absolute Gasteiger partial charge is 0.352 e. The number of nitrogens with one attached hydrogen (secondary N) is 1. The van der Waals surface area contributed by atoms with Crippen LogP contribution in [-0.2, 0) is 0 Å². The van der Waals surface area contributed by atoms with E-state index < -0.39 is 0 Å². The Bertz CT molecular complexity index is 432. The molecular formula is C14H20ClN3O. The Morgan fingerprint density at radius 3 is 2.95 bits per heavy atom.